The van der Waals surface area contributed by atoms with Gasteiger partial charge in [0.15, 0.2) is 0 Å². The van der Waals surface area contributed by atoms with E-state index in [-0.39, 0.29) is 0 Å². The van der Waals surface area contributed by atoms with E-state index in [1.807, 2.05) is 0 Å². The molecule has 1 N–H and O–H groups in total. The number of anilines is 1. The zero-order valence-electron chi connectivity index (χ0n) is 9.00. The fourth-order valence-electron chi connectivity index (χ4n) is 1.13. The molecule has 0 unspecified atom stereocenters. The van der Waals surface area contributed by atoms with Crippen LogP contribution < -0.4 is 5.32 Å². The second-order valence-corrected chi connectivity index (χ2v) is 3.26. The molecule has 0 bridgehead atoms. The third kappa shape index (κ3) is 5.32. The Morgan fingerprint density at radius 2 is 2.33 bits per heavy atom. The Morgan fingerprint density at radius 1 is 1.47 bits per heavy atom. The molecule has 0 fully saturated rings. The van der Waals surface area contributed by atoms with Crippen LogP contribution in [0.5, 0.6) is 0 Å². The lowest BCUT2D eigenvalue weighted by atomic mass is 10.4. The highest BCUT2D eigenvalue weighted by atomic mass is 19.1. The Labute approximate surface area is 89.7 Å². The van der Waals surface area contributed by atoms with Crippen LogP contribution in [-0.2, 0) is 4.74 Å². The monoisotopic (exact) mass is 212 g/mol. The lowest BCUT2D eigenvalue weighted by molar-refractivity contribution is 0.141. The summed E-state index contributed by atoms with van der Waals surface area (Å²) in [5.41, 5.74) is 0.738. The molecule has 3 nitrogen and oxygen atoms in total. The normalized spacial score (nSPS) is 10.3. The van der Waals surface area contributed by atoms with Gasteiger partial charge >= 0.3 is 0 Å². The maximum absolute atomic E-state index is 12.7. The fourth-order valence-corrected chi connectivity index (χ4v) is 1.13. The molecule has 1 aromatic heterocycles. The molecule has 0 aliphatic rings. The van der Waals surface area contributed by atoms with Gasteiger partial charge in [-0.3, -0.25) is 0 Å². The van der Waals surface area contributed by atoms with E-state index in [4.69, 9.17) is 4.74 Å². The zero-order valence-corrected chi connectivity index (χ0v) is 9.00. The summed E-state index contributed by atoms with van der Waals surface area (Å²) in [6.45, 7) is 4.25. The summed E-state index contributed by atoms with van der Waals surface area (Å²) in [6.07, 6.45) is 3.67. The highest BCUT2D eigenvalue weighted by Crippen LogP contribution is 2.05. The molecule has 0 amide bonds. The van der Waals surface area contributed by atoms with Crippen LogP contribution >= 0.6 is 0 Å². The molecule has 0 aromatic carbocycles. The summed E-state index contributed by atoms with van der Waals surface area (Å²) in [5.74, 6) is -0.466. The first kappa shape index (κ1) is 11.9. The van der Waals surface area contributed by atoms with Gasteiger partial charge in [-0.2, -0.15) is 4.39 Å². The maximum Gasteiger partial charge on any atom is 0.214 e. The first-order valence-electron chi connectivity index (χ1n) is 5.26. The van der Waals surface area contributed by atoms with Gasteiger partial charge in [0.25, 0.3) is 0 Å². The number of rotatable bonds is 7. The SMILES string of the molecule is CCCCOCCNc1ccnc(F)c1. The van der Waals surface area contributed by atoms with Gasteiger partial charge in [-0.05, 0) is 12.5 Å². The topological polar surface area (TPSA) is 34.1 Å². The van der Waals surface area contributed by atoms with Crippen molar-refractivity contribution in [1.82, 2.24) is 4.98 Å². The quantitative estimate of drug-likeness (QED) is 0.557. The number of ether oxygens (including phenoxy) is 1. The number of nitrogens with zero attached hydrogens (tertiary/aromatic N) is 1. The van der Waals surface area contributed by atoms with Crippen molar-refractivity contribution in [2.24, 2.45) is 0 Å². The van der Waals surface area contributed by atoms with Crippen LogP contribution in [0.3, 0.4) is 0 Å². The van der Waals surface area contributed by atoms with Crippen LogP contribution in [-0.4, -0.2) is 24.7 Å². The van der Waals surface area contributed by atoms with Crippen molar-refractivity contribution in [3.8, 4) is 0 Å². The van der Waals surface area contributed by atoms with E-state index in [1.165, 1.54) is 12.3 Å². The van der Waals surface area contributed by atoms with Crippen LogP contribution in [0.4, 0.5) is 10.1 Å². The highest BCUT2D eigenvalue weighted by molar-refractivity contribution is 5.40. The van der Waals surface area contributed by atoms with Gasteiger partial charge in [0.2, 0.25) is 5.95 Å². The maximum atomic E-state index is 12.7. The van der Waals surface area contributed by atoms with Crippen molar-refractivity contribution in [1.29, 1.82) is 0 Å². The zero-order chi connectivity index (χ0) is 10.9. The molecule has 0 spiro atoms. The van der Waals surface area contributed by atoms with E-state index < -0.39 is 5.95 Å². The Kier molecular flexibility index (Phi) is 5.70. The Hall–Kier alpha value is -1.16. The van der Waals surface area contributed by atoms with E-state index in [0.29, 0.717) is 13.2 Å². The number of hydrogen-bond donors (Lipinski definition) is 1. The lowest BCUT2D eigenvalue weighted by Gasteiger charge is -2.06. The molecular weight excluding hydrogens is 195 g/mol. The van der Waals surface area contributed by atoms with Crippen molar-refractivity contribution < 1.29 is 9.13 Å². The van der Waals surface area contributed by atoms with Crippen molar-refractivity contribution in [2.45, 2.75) is 19.8 Å². The van der Waals surface area contributed by atoms with E-state index >= 15 is 0 Å². The van der Waals surface area contributed by atoms with Crippen molar-refractivity contribution in [2.75, 3.05) is 25.1 Å². The summed E-state index contributed by atoms with van der Waals surface area (Å²) in [5, 5.41) is 3.06. The van der Waals surface area contributed by atoms with Gasteiger partial charge in [-0.1, -0.05) is 13.3 Å². The summed E-state index contributed by atoms with van der Waals surface area (Å²) < 4.78 is 18.0. The number of halogens is 1. The average molecular weight is 212 g/mol. The van der Waals surface area contributed by atoms with Gasteiger partial charge < -0.3 is 10.1 Å². The Bertz CT molecular complexity index is 281. The molecule has 1 heterocycles. The van der Waals surface area contributed by atoms with Gasteiger partial charge in [0.05, 0.1) is 6.61 Å². The second-order valence-electron chi connectivity index (χ2n) is 3.26. The van der Waals surface area contributed by atoms with Gasteiger partial charge in [-0.25, -0.2) is 4.98 Å². The van der Waals surface area contributed by atoms with E-state index in [2.05, 4.69) is 17.2 Å². The predicted molar refractivity (Wildman–Crippen MR) is 58.4 cm³/mol. The van der Waals surface area contributed by atoms with E-state index in [0.717, 1.165) is 25.1 Å². The second kappa shape index (κ2) is 7.17. The summed E-state index contributed by atoms with van der Waals surface area (Å²) >= 11 is 0. The molecule has 0 saturated heterocycles. The third-order valence-electron chi connectivity index (χ3n) is 1.94. The van der Waals surface area contributed by atoms with Crippen LogP contribution in [0.2, 0.25) is 0 Å². The predicted octanol–water partition coefficient (Wildman–Crippen LogP) is 2.45. The molecule has 15 heavy (non-hydrogen) atoms. The third-order valence-corrected chi connectivity index (χ3v) is 1.94. The number of hydrogen-bond acceptors (Lipinski definition) is 3. The highest BCUT2D eigenvalue weighted by Gasteiger charge is 1.94. The minimum Gasteiger partial charge on any atom is -0.383 e. The van der Waals surface area contributed by atoms with Crippen LogP contribution in [0.15, 0.2) is 18.3 Å². The van der Waals surface area contributed by atoms with Gasteiger partial charge in [0, 0.05) is 31.1 Å². The Morgan fingerprint density at radius 3 is 3.07 bits per heavy atom. The molecule has 0 saturated carbocycles. The molecule has 0 aliphatic heterocycles. The summed E-state index contributed by atoms with van der Waals surface area (Å²) in [4.78, 5) is 3.47. The molecule has 4 heteroatoms. The minimum atomic E-state index is -0.466. The Balaban J connectivity index is 2.10. The van der Waals surface area contributed by atoms with Crippen molar-refractivity contribution >= 4 is 5.69 Å². The number of nitrogens with one attached hydrogen (secondary N) is 1. The number of unbranched alkanes of at least 4 members (excludes halogenated alkanes) is 1. The number of pyridine rings is 1. The standard InChI is InChI=1S/C11H17FN2O/c1-2-3-7-15-8-6-13-10-4-5-14-11(12)9-10/h4-5,9H,2-3,6-8H2,1H3,(H,13,14). The van der Waals surface area contributed by atoms with Crippen LogP contribution in [0.25, 0.3) is 0 Å². The first-order chi connectivity index (χ1) is 7.33. The van der Waals surface area contributed by atoms with E-state index in [9.17, 15) is 4.39 Å². The molecule has 0 radical (unpaired) electrons. The van der Waals surface area contributed by atoms with Gasteiger partial charge in [0.1, 0.15) is 0 Å². The van der Waals surface area contributed by atoms with E-state index in [1.54, 1.807) is 6.07 Å². The molecule has 0 atom stereocenters. The lowest BCUT2D eigenvalue weighted by Crippen LogP contribution is -2.10. The molecular formula is C11H17FN2O. The van der Waals surface area contributed by atoms with Crippen molar-refractivity contribution in [3.05, 3.63) is 24.3 Å². The average Bonchev–Trinajstić information content (AvgIpc) is 2.23. The summed E-state index contributed by atoms with van der Waals surface area (Å²) in [7, 11) is 0. The van der Waals surface area contributed by atoms with Gasteiger partial charge in [-0.15, -0.1) is 0 Å². The summed E-state index contributed by atoms with van der Waals surface area (Å²) in [6, 6.07) is 3.10. The van der Waals surface area contributed by atoms with Crippen LogP contribution in [0.1, 0.15) is 19.8 Å². The molecule has 1 rings (SSSR count). The van der Waals surface area contributed by atoms with Crippen molar-refractivity contribution in [3.63, 3.8) is 0 Å². The van der Waals surface area contributed by atoms with Crippen LogP contribution in [0, 0.1) is 5.95 Å². The first-order valence-corrected chi connectivity index (χ1v) is 5.26. The fraction of sp³-hybridized carbons (Fsp3) is 0.545. The molecule has 1 aromatic rings. The molecule has 84 valence electrons. The molecule has 0 aliphatic carbocycles. The smallest absolute Gasteiger partial charge is 0.214 e. The number of aromatic nitrogens is 1. The minimum absolute atomic E-state index is 0.466. The largest absolute Gasteiger partial charge is 0.383 e.